The molecule has 0 saturated carbocycles. The Morgan fingerprint density at radius 2 is 1.72 bits per heavy atom. The minimum Gasteiger partial charge on any atom is -0.298 e. The van der Waals surface area contributed by atoms with Crippen molar-refractivity contribution in [2.75, 3.05) is 5.32 Å². The van der Waals surface area contributed by atoms with Gasteiger partial charge in [0, 0.05) is 17.0 Å². The van der Waals surface area contributed by atoms with E-state index >= 15 is 0 Å². The van der Waals surface area contributed by atoms with Gasteiger partial charge in [0.15, 0.2) is 5.13 Å². The average molecular weight is 405 g/mol. The molecule has 0 aliphatic heterocycles. The molecule has 0 aliphatic carbocycles. The molecule has 0 spiro atoms. The monoisotopic (exact) mass is 404 g/mol. The van der Waals surface area contributed by atoms with Crippen molar-refractivity contribution in [1.29, 1.82) is 0 Å². The van der Waals surface area contributed by atoms with Crippen LogP contribution in [0.15, 0.2) is 60.0 Å². The zero-order valence-electron chi connectivity index (χ0n) is 17.5. The largest absolute Gasteiger partial charge is 0.298 e. The van der Waals surface area contributed by atoms with Crippen molar-refractivity contribution in [1.82, 2.24) is 4.98 Å². The summed E-state index contributed by atoms with van der Waals surface area (Å²) >= 11 is 1.44. The van der Waals surface area contributed by atoms with E-state index in [4.69, 9.17) is 0 Å². The van der Waals surface area contributed by atoms with Gasteiger partial charge in [0.05, 0.1) is 5.69 Å². The smallest absolute Gasteiger partial charge is 0.250 e. The highest BCUT2D eigenvalue weighted by atomic mass is 32.1. The molecule has 0 atom stereocenters. The molecule has 3 nitrogen and oxygen atoms in total. The lowest BCUT2D eigenvalue weighted by molar-refractivity contribution is -0.111. The molecule has 0 saturated heterocycles. The molecule has 150 valence electrons. The van der Waals surface area contributed by atoms with Crippen molar-refractivity contribution in [2.45, 2.75) is 40.0 Å². The Morgan fingerprint density at radius 3 is 2.34 bits per heavy atom. The molecule has 0 radical (unpaired) electrons. The Labute approximate surface area is 177 Å². The minimum absolute atomic E-state index is 0.175. The molecule has 1 heterocycles. The molecule has 1 N–H and O–H groups in total. The fourth-order valence-electron chi connectivity index (χ4n) is 3.06. The summed E-state index contributed by atoms with van der Waals surface area (Å²) in [4.78, 5) is 16.8. The second-order valence-electron chi connectivity index (χ2n) is 7.98. The van der Waals surface area contributed by atoms with Crippen LogP contribution in [0.25, 0.3) is 17.3 Å². The Morgan fingerprint density at radius 1 is 1.03 bits per heavy atom. The predicted octanol–water partition coefficient (Wildman–Crippen LogP) is 6.78. The van der Waals surface area contributed by atoms with Crippen LogP contribution in [0.3, 0.4) is 0 Å². The minimum atomic E-state index is -0.175. The standard InChI is InChI=1S/C25H28N2OS/c1-17(2)15-20-7-12-22(13-8-20)23-16-29-25(26-23)27-24(28)14-9-19-5-10-21(11-6-19)18(3)4/h5-14,16-18H,15H2,1-4H3,(H,26,27,28)/b14-9+. The number of anilines is 1. The highest BCUT2D eigenvalue weighted by molar-refractivity contribution is 7.14. The topological polar surface area (TPSA) is 42.0 Å². The zero-order chi connectivity index (χ0) is 20.8. The van der Waals surface area contributed by atoms with Gasteiger partial charge in [-0.15, -0.1) is 11.3 Å². The summed E-state index contributed by atoms with van der Waals surface area (Å²) in [6, 6.07) is 16.8. The van der Waals surface area contributed by atoms with Gasteiger partial charge in [0.25, 0.3) is 0 Å². The van der Waals surface area contributed by atoms with E-state index in [2.05, 4.69) is 74.4 Å². The highest BCUT2D eigenvalue weighted by Gasteiger charge is 2.07. The van der Waals surface area contributed by atoms with Gasteiger partial charge in [-0.3, -0.25) is 10.1 Å². The summed E-state index contributed by atoms with van der Waals surface area (Å²) in [5, 5.41) is 5.43. The molecule has 2 aromatic carbocycles. The molecule has 3 rings (SSSR count). The second kappa shape index (κ2) is 9.66. The molecule has 0 fully saturated rings. The molecule has 1 amide bonds. The van der Waals surface area contributed by atoms with Crippen LogP contribution < -0.4 is 5.32 Å². The molecule has 4 heteroatoms. The number of carbonyl (C=O) groups is 1. The van der Waals surface area contributed by atoms with E-state index in [1.807, 2.05) is 23.6 Å². The van der Waals surface area contributed by atoms with E-state index in [0.717, 1.165) is 23.2 Å². The molecule has 1 aromatic heterocycles. The van der Waals surface area contributed by atoms with Gasteiger partial charge < -0.3 is 0 Å². The van der Waals surface area contributed by atoms with Gasteiger partial charge in [-0.2, -0.15) is 0 Å². The van der Waals surface area contributed by atoms with Crippen LogP contribution in [-0.4, -0.2) is 10.9 Å². The Hall–Kier alpha value is -2.72. The van der Waals surface area contributed by atoms with E-state index in [-0.39, 0.29) is 5.91 Å². The van der Waals surface area contributed by atoms with Crippen LogP contribution in [0.5, 0.6) is 0 Å². The lowest BCUT2D eigenvalue weighted by atomic mass is 10.0. The first-order chi connectivity index (χ1) is 13.9. The summed E-state index contributed by atoms with van der Waals surface area (Å²) in [6.45, 7) is 8.78. The fraction of sp³-hybridized carbons (Fsp3) is 0.280. The zero-order valence-corrected chi connectivity index (χ0v) is 18.3. The number of amides is 1. The number of carbonyl (C=O) groups excluding carboxylic acids is 1. The number of benzene rings is 2. The van der Waals surface area contributed by atoms with Crippen LogP contribution in [-0.2, 0) is 11.2 Å². The number of aromatic nitrogens is 1. The summed E-state index contributed by atoms with van der Waals surface area (Å²) in [7, 11) is 0. The molecule has 0 aliphatic rings. The van der Waals surface area contributed by atoms with E-state index in [1.54, 1.807) is 6.08 Å². The summed E-state index contributed by atoms with van der Waals surface area (Å²) in [5.74, 6) is 0.969. The van der Waals surface area contributed by atoms with Crippen LogP contribution in [0.4, 0.5) is 5.13 Å². The first kappa shape index (κ1) is 21.0. The highest BCUT2D eigenvalue weighted by Crippen LogP contribution is 2.25. The first-order valence-corrected chi connectivity index (χ1v) is 10.9. The van der Waals surface area contributed by atoms with E-state index in [9.17, 15) is 4.79 Å². The maximum atomic E-state index is 12.2. The molecular weight excluding hydrogens is 376 g/mol. The number of hydrogen-bond donors (Lipinski definition) is 1. The number of hydrogen-bond acceptors (Lipinski definition) is 3. The van der Waals surface area contributed by atoms with Crippen LogP contribution in [0.1, 0.15) is 50.3 Å². The normalized spacial score (nSPS) is 11.5. The lowest BCUT2D eigenvalue weighted by Crippen LogP contribution is -2.07. The maximum absolute atomic E-state index is 12.2. The summed E-state index contributed by atoms with van der Waals surface area (Å²) in [6.07, 6.45) is 4.44. The van der Waals surface area contributed by atoms with Gasteiger partial charge >= 0.3 is 0 Å². The van der Waals surface area contributed by atoms with Gasteiger partial charge in [0.1, 0.15) is 0 Å². The van der Waals surface area contributed by atoms with Crippen molar-refractivity contribution in [3.63, 3.8) is 0 Å². The van der Waals surface area contributed by atoms with Crippen molar-refractivity contribution < 1.29 is 4.79 Å². The Kier molecular flexibility index (Phi) is 6.99. The predicted molar refractivity (Wildman–Crippen MR) is 124 cm³/mol. The number of nitrogens with zero attached hydrogens (tertiary/aromatic N) is 1. The third-order valence-electron chi connectivity index (χ3n) is 4.66. The van der Waals surface area contributed by atoms with Crippen molar-refractivity contribution in [3.05, 3.63) is 76.7 Å². The number of thiazole rings is 1. The van der Waals surface area contributed by atoms with E-state index < -0.39 is 0 Å². The molecule has 3 aromatic rings. The van der Waals surface area contributed by atoms with E-state index in [0.29, 0.717) is 17.0 Å². The third kappa shape index (κ3) is 6.13. The Bertz CT molecular complexity index is 967. The number of rotatable bonds is 7. The van der Waals surface area contributed by atoms with Gasteiger partial charge in [-0.1, -0.05) is 76.2 Å². The average Bonchev–Trinajstić information content (AvgIpc) is 3.15. The fourth-order valence-corrected chi connectivity index (χ4v) is 3.78. The van der Waals surface area contributed by atoms with E-state index in [1.165, 1.54) is 22.5 Å². The molecular formula is C25H28N2OS. The summed E-state index contributed by atoms with van der Waals surface area (Å²) in [5.41, 5.74) is 5.58. The van der Waals surface area contributed by atoms with Crippen molar-refractivity contribution in [2.24, 2.45) is 5.92 Å². The van der Waals surface area contributed by atoms with Crippen LogP contribution >= 0.6 is 11.3 Å². The third-order valence-corrected chi connectivity index (χ3v) is 5.42. The van der Waals surface area contributed by atoms with Gasteiger partial charge in [-0.25, -0.2) is 4.98 Å². The van der Waals surface area contributed by atoms with Crippen LogP contribution in [0, 0.1) is 5.92 Å². The first-order valence-electron chi connectivity index (χ1n) is 10.0. The molecule has 0 bridgehead atoms. The Balaban J connectivity index is 1.59. The van der Waals surface area contributed by atoms with Gasteiger partial charge in [-0.05, 0) is 41.0 Å². The van der Waals surface area contributed by atoms with Gasteiger partial charge in [0.2, 0.25) is 5.91 Å². The number of nitrogens with one attached hydrogen (secondary N) is 1. The molecule has 29 heavy (non-hydrogen) atoms. The van der Waals surface area contributed by atoms with Crippen molar-refractivity contribution >= 4 is 28.5 Å². The molecule has 0 unspecified atom stereocenters. The van der Waals surface area contributed by atoms with Crippen LogP contribution in [0.2, 0.25) is 0 Å². The second-order valence-corrected chi connectivity index (χ2v) is 8.83. The maximum Gasteiger partial charge on any atom is 0.250 e. The summed E-state index contributed by atoms with van der Waals surface area (Å²) < 4.78 is 0. The SMILES string of the molecule is CC(C)Cc1ccc(-c2csc(NC(=O)/C=C/c3ccc(C(C)C)cc3)n2)cc1. The van der Waals surface area contributed by atoms with Crippen molar-refractivity contribution in [3.8, 4) is 11.3 Å². The lowest BCUT2D eigenvalue weighted by Gasteiger charge is -2.05. The quantitative estimate of drug-likeness (QED) is 0.441.